The predicted octanol–water partition coefficient (Wildman–Crippen LogP) is 5.37. The van der Waals surface area contributed by atoms with Crippen molar-refractivity contribution in [3.63, 3.8) is 0 Å². The molecule has 0 radical (unpaired) electrons. The lowest BCUT2D eigenvalue weighted by Gasteiger charge is -2.32. The quantitative estimate of drug-likeness (QED) is 0.307. The van der Waals surface area contributed by atoms with Crippen LogP contribution in [-0.2, 0) is 16.0 Å². The smallest absolute Gasteiger partial charge is 0.355 e. The number of carboxylic acid groups (broad SMARTS) is 1. The van der Waals surface area contributed by atoms with Crippen molar-refractivity contribution in [1.29, 1.82) is 0 Å². The first-order valence-corrected chi connectivity index (χ1v) is 14.1. The zero-order valence-electron chi connectivity index (χ0n) is 22.8. The first-order chi connectivity index (χ1) is 19.1. The predicted molar refractivity (Wildman–Crippen MR) is 153 cm³/mol. The number of halogens is 1. The number of aliphatic hydroxyl groups is 1. The number of hydrogen-bond acceptors (Lipinski definition) is 8. The molecule has 1 aliphatic heterocycles. The molecule has 0 saturated carbocycles. The minimum Gasteiger partial charge on any atom is -0.493 e. The summed E-state index contributed by atoms with van der Waals surface area (Å²) in [7, 11) is 3.11. The molecule has 2 heterocycles. The number of benzene rings is 2. The number of methoxy groups -OCH3 is 2. The van der Waals surface area contributed by atoms with Crippen molar-refractivity contribution in [1.82, 2.24) is 4.98 Å². The number of amides is 1. The highest BCUT2D eigenvalue weighted by molar-refractivity contribution is 7.09. The number of ether oxygens (including phenoxy) is 3. The molecule has 0 spiro atoms. The molecule has 0 fully saturated rings. The summed E-state index contributed by atoms with van der Waals surface area (Å²) in [4.78, 5) is 31.2. The van der Waals surface area contributed by atoms with Crippen LogP contribution in [0.3, 0.4) is 0 Å². The molecule has 9 nitrogen and oxygen atoms in total. The standard InChI is InChI=1S/C29H33ClN2O7S/c1-29(2,16-33)15-32-21-12-11-17(30)13-19(21)25(18-7-5-8-22(37-3)26(18)38-4)39-23(27(32)34)9-6-10-24-31-20(14-40-24)28(35)36/h5,7-8,11-14,23,25,33H,6,9-10,15-16H2,1-4H3,(H,35,36). The minimum atomic E-state index is -1.07. The van der Waals surface area contributed by atoms with Crippen LogP contribution in [-0.4, -0.2) is 60.5 Å². The zero-order chi connectivity index (χ0) is 29.0. The molecule has 2 unspecified atom stereocenters. The summed E-state index contributed by atoms with van der Waals surface area (Å²) in [5, 5.41) is 21.9. The third-order valence-electron chi connectivity index (χ3n) is 6.76. The van der Waals surface area contributed by atoms with E-state index < -0.39 is 23.6 Å². The molecular weight excluding hydrogens is 556 g/mol. The number of carbonyl (C=O) groups is 2. The molecule has 2 N–H and O–H groups in total. The van der Waals surface area contributed by atoms with Gasteiger partial charge < -0.3 is 29.3 Å². The lowest BCUT2D eigenvalue weighted by Crippen LogP contribution is -2.45. The fraction of sp³-hybridized carbons (Fsp3) is 0.414. The monoisotopic (exact) mass is 588 g/mol. The fourth-order valence-electron chi connectivity index (χ4n) is 4.72. The average Bonchev–Trinajstić information content (AvgIpc) is 3.39. The molecule has 40 heavy (non-hydrogen) atoms. The van der Waals surface area contributed by atoms with E-state index in [0.717, 1.165) is 0 Å². The maximum atomic E-state index is 14.1. The van der Waals surface area contributed by atoms with Gasteiger partial charge in [-0.2, -0.15) is 0 Å². The van der Waals surface area contributed by atoms with Gasteiger partial charge in [-0.1, -0.05) is 37.6 Å². The van der Waals surface area contributed by atoms with Gasteiger partial charge in [0.15, 0.2) is 17.2 Å². The van der Waals surface area contributed by atoms with E-state index in [-0.39, 0.29) is 24.8 Å². The third-order valence-corrected chi connectivity index (χ3v) is 7.91. The van der Waals surface area contributed by atoms with Crippen LogP contribution in [0.25, 0.3) is 0 Å². The normalized spacial score (nSPS) is 17.4. The number of fused-ring (bicyclic) bond motifs is 1. The number of aromatic carboxylic acids is 1. The van der Waals surface area contributed by atoms with Crippen molar-refractivity contribution in [3.8, 4) is 11.5 Å². The number of anilines is 1. The summed E-state index contributed by atoms with van der Waals surface area (Å²) >= 11 is 7.75. The van der Waals surface area contributed by atoms with Crippen molar-refractivity contribution in [2.75, 3.05) is 32.3 Å². The first-order valence-electron chi connectivity index (χ1n) is 12.8. The molecule has 11 heteroatoms. The highest BCUT2D eigenvalue weighted by Crippen LogP contribution is 2.45. The second-order valence-electron chi connectivity index (χ2n) is 10.4. The molecule has 2 aromatic carbocycles. The molecule has 4 rings (SSSR count). The van der Waals surface area contributed by atoms with Crippen LogP contribution >= 0.6 is 22.9 Å². The number of carboxylic acids is 1. The Balaban J connectivity index is 1.76. The summed E-state index contributed by atoms with van der Waals surface area (Å²) in [5.74, 6) is -0.297. The van der Waals surface area contributed by atoms with Crippen molar-refractivity contribution < 1.29 is 34.0 Å². The van der Waals surface area contributed by atoms with Crippen LogP contribution < -0.4 is 14.4 Å². The van der Waals surface area contributed by atoms with Gasteiger partial charge >= 0.3 is 5.97 Å². The van der Waals surface area contributed by atoms with Crippen LogP contribution in [0.5, 0.6) is 11.5 Å². The molecule has 2 atom stereocenters. The highest BCUT2D eigenvalue weighted by atomic mass is 35.5. The van der Waals surface area contributed by atoms with Crippen LogP contribution in [0.1, 0.15) is 59.4 Å². The molecule has 3 aromatic rings. The Morgan fingerprint density at radius 2 is 1.98 bits per heavy atom. The summed E-state index contributed by atoms with van der Waals surface area (Å²) in [6.45, 7) is 3.92. The van der Waals surface area contributed by atoms with E-state index in [2.05, 4.69) is 4.98 Å². The Bertz CT molecular complexity index is 1380. The Hall–Kier alpha value is -3.18. The van der Waals surface area contributed by atoms with Crippen molar-refractivity contribution in [3.05, 3.63) is 68.6 Å². The van der Waals surface area contributed by atoms with Crippen molar-refractivity contribution >= 4 is 40.5 Å². The maximum Gasteiger partial charge on any atom is 0.355 e. The number of rotatable bonds is 11. The van der Waals surface area contributed by atoms with Crippen LogP contribution in [0, 0.1) is 5.41 Å². The SMILES string of the molecule is COc1cccc(C2OC(CCCc3nc(C(=O)O)cs3)C(=O)N(CC(C)(C)CO)c3ccc(Cl)cc32)c1OC. The maximum absolute atomic E-state index is 14.1. The van der Waals surface area contributed by atoms with Gasteiger partial charge in [0.2, 0.25) is 0 Å². The highest BCUT2D eigenvalue weighted by Gasteiger charge is 2.39. The third kappa shape index (κ3) is 6.41. The van der Waals surface area contributed by atoms with E-state index in [1.165, 1.54) is 16.7 Å². The number of nitrogens with zero attached hydrogens (tertiary/aromatic N) is 2. The van der Waals surface area contributed by atoms with Crippen molar-refractivity contribution in [2.24, 2.45) is 5.41 Å². The summed E-state index contributed by atoms with van der Waals surface area (Å²) in [6.07, 6.45) is -0.159. The number of carbonyl (C=O) groups excluding carboxylic acids is 1. The molecule has 0 saturated heterocycles. The molecule has 1 aromatic heterocycles. The molecule has 0 bridgehead atoms. The van der Waals surface area contributed by atoms with E-state index in [4.69, 9.17) is 25.8 Å². The number of aliphatic hydroxyl groups excluding tert-OH is 1. The Morgan fingerprint density at radius 1 is 1.20 bits per heavy atom. The second kappa shape index (κ2) is 12.6. The number of para-hydroxylation sites is 1. The number of hydrogen-bond donors (Lipinski definition) is 2. The van der Waals surface area contributed by atoms with E-state index in [1.807, 2.05) is 26.0 Å². The molecule has 214 valence electrons. The van der Waals surface area contributed by atoms with Gasteiger partial charge in [-0.25, -0.2) is 9.78 Å². The average molecular weight is 589 g/mol. The number of aromatic nitrogens is 1. The summed E-state index contributed by atoms with van der Waals surface area (Å²) in [6, 6.07) is 10.8. The molecule has 0 aliphatic carbocycles. The van der Waals surface area contributed by atoms with Gasteiger partial charge in [0, 0.05) is 45.8 Å². The van der Waals surface area contributed by atoms with E-state index in [9.17, 15) is 19.8 Å². The molecule has 1 aliphatic rings. The lowest BCUT2D eigenvalue weighted by molar-refractivity contribution is -0.132. The largest absolute Gasteiger partial charge is 0.493 e. The summed E-state index contributed by atoms with van der Waals surface area (Å²) in [5.41, 5.74) is 1.43. The fourth-order valence-corrected chi connectivity index (χ4v) is 5.72. The van der Waals surface area contributed by atoms with Gasteiger partial charge in [0.05, 0.1) is 19.2 Å². The number of aryl methyl sites for hydroxylation is 1. The van der Waals surface area contributed by atoms with Crippen molar-refractivity contribution in [2.45, 2.75) is 45.3 Å². The first kappa shape index (κ1) is 29.8. The Kier molecular flexibility index (Phi) is 9.35. The van der Waals surface area contributed by atoms with E-state index >= 15 is 0 Å². The van der Waals surface area contributed by atoms with Gasteiger partial charge in [-0.15, -0.1) is 11.3 Å². The van der Waals surface area contributed by atoms with Crippen LogP contribution in [0.15, 0.2) is 41.8 Å². The van der Waals surface area contributed by atoms with Gasteiger partial charge in [0.25, 0.3) is 5.91 Å². The van der Waals surface area contributed by atoms with Crippen LogP contribution in [0.2, 0.25) is 5.02 Å². The molecular formula is C29H33ClN2O7S. The van der Waals surface area contributed by atoms with E-state index in [0.29, 0.717) is 57.6 Å². The van der Waals surface area contributed by atoms with Gasteiger partial charge in [-0.05, 0) is 43.5 Å². The Labute approximate surface area is 242 Å². The molecule has 1 amide bonds. The van der Waals surface area contributed by atoms with Crippen LogP contribution in [0.4, 0.5) is 5.69 Å². The second-order valence-corrected chi connectivity index (χ2v) is 11.7. The minimum absolute atomic E-state index is 0.0108. The topological polar surface area (TPSA) is 118 Å². The Morgan fingerprint density at radius 3 is 2.62 bits per heavy atom. The summed E-state index contributed by atoms with van der Waals surface area (Å²) < 4.78 is 17.9. The van der Waals surface area contributed by atoms with E-state index in [1.54, 1.807) is 43.4 Å². The van der Waals surface area contributed by atoms with Gasteiger partial charge in [-0.3, -0.25) is 4.79 Å². The number of thiazole rings is 1. The zero-order valence-corrected chi connectivity index (χ0v) is 24.4. The van der Waals surface area contributed by atoms with Gasteiger partial charge in [0.1, 0.15) is 12.2 Å². The lowest BCUT2D eigenvalue weighted by atomic mass is 9.92.